The topological polar surface area (TPSA) is 82.0 Å². The molecule has 7 heteroatoms. The van der Waals surface area contributed by atoms with Gasteiger partial charge in [-0.1, -0.05) is 67.0 Å². The van der Waals surface area contributed by atoms with Crippen LogP contribution in [-0.4, -0.2) is 17.4 Å². The van der Waals surface area contributed by atoms with Gasteiger partial charge in [0.05, 0.1) is 28.3 Å². The van der Waals surface area contributed by atoms with Crippen molar-refractivity contribution in [1.82, 2.24) is 5.32 Å². The van der Waals surface area contributed by atoms with Crippen LogP contribution in [0.15, 0.2) is 64.3 Å². The zero-order chi connectivity index (χ0) is 25.3. The molecule has 0 radical (unpaired) electrons. The first-order valence-electron chi connectivity index (χ1n) is 11.5. The number of nitriles is 1. The number of rotatable bonds is 5. The summed E-state index contributed by atoms with van der Waals surface area (Å²) >= 11 is 7.39. The molecule has 1 heterocycles. The maximum atomic E-state index is 13.3. The summed E-state index contributed by atoms with van der Waals surface area (Å²) in [5.41, 5.74) is 5.48. The number of dihydropyridines is 1. The smallest absolute Gasteiger partial charge is 0.234 e. The van der Waals surface area contributed by atoms with Crippen LogP contribution in [0.4, 0.5) is 5.69 Å². The number of hydrogen-bond donors (Lipinski definition) is 2. The van der Waals surface area contributed by atoms with Gasteiger partial charge in [-0.05, 0) is 55.0 Å². The van der Waals surface area contributed by atoms with Gasteiger partial charge in [0.2, 0.25) is 5.91 Å². The molecule has 0 saturated heterocycles. The standard InChI is InChI=1S/C28H28ClN3O2S/c1-16-5-10-21(17(2)11-16)31-24(34)15-35-27-20(14-30)25(18-6-8-19(29)9-7-18)26-22(32-27)12-28(3,4)13-23(26)33/h5-11,25,32H,12-13,15H2,1-4H3,(H,31,34)/t25-/m0/s1. The summed E-state index contributed by atoms with van der Waals surface area (Å²) in [6, 6.07) is 15.5. The van der Waals surface area contributed by atoms with Crippen molar-refractivity contribution in [3.8, 4) is 6.07 Å². The second kappa shape index (κ2) is 9.93. The Morgan fingerprint density at radius 2 is 1.91 bits per heavy atom. The van der Waals surface area contributed by atoms with E-state index in [1.54, 1.807) is 12.1 Å². The van der Waals surface area contributed by atoms with E-state index in [9.17, 15) is 14.9 Å². The van der Waals surface area contributed by atoms with Crippen LogP contribution in [0.5, 0.6) is 0 Å². The number of carbonyl (C=O) groups excluding carboxylic acids is 2. The van der Waals surface area contributed by atoms with Gasteiger partial charge >= 0.3 is 0 Å². The molecule has 4 rings (SSSR count). The molecule has 2 aromatic carbocycles. The fourth-order valence-corrected chi connectivity index (χ4v) is 5.74. The molecule has 0 aromatic heterocycles. The van der Waals surface area contributed by atoms with Crippen LogP contribution in [0.2, 0.25) is 5.02 Å². The van der Waals surface area contributed by atoms with Crippen molar-refractivity contribution in [2.75, 3.05) is 11.1 Å². The minimum absolute atomic E-state index is 0.0492. The van der Waals surface area contributed by atoms with E-state index >= 15 is 0 Å². The summed E-state index contributed by atoms with van der Waals surface area (Å²) in [6.07, 6.45) is 1.12. The van der Waals surface area contributed by atoms with Gasteiger partial charge in [0.15, 0.2) is 5.78 Å². The number of halogens is 1. The summed E-state index contributed by atoms with van der Waals surface area (Å²) < 4.78 is 0. The molecule has 5 nitrogen and oxygen atoms in total. The second-order valence-electron chi connectivity index (χ2n) is 9.95. The zero-order valence-electron chi connectivity index (χ0n) is 20.3. The Morgan fingerprint density at radius 1 is 1.20 bits per heavy atom. The monoisotopic (exact) mass is 505 g/mol. The third-order valence-corrected chi connectivity index (χ3v) is 7.60. The number of thioether (sulfide) groups is 1. The number of carbonyl (C=O) groups is 2. The quantitative estimate of drug-likeness (QED) is 0.491. The summed E-state index contributed by atoms with van der Waals surface area (Å²) in [6.45, 7) is 8.11. The van der Waals surface area contributed by atoms with Crippen molar-refractivity contribution in [2.24, 2.45) is 5.41 Å². The predicted molar refractivity (Wildman–Crippen MR) is 142 cm³/mol. The van der Waals surface area contributed by atoms with E-state index in [2.05, 4.69) is 30.6 Å². The number of nitrogens with one attached hydrogen (secondary N) is 2. The molecule has 1 amide bonds. The van der Waals surface area contributed by atoms with Crippen molar-refractivity contribution >= 4 is 40.7 Å². The average Bonchev–Trinajstić information content (AvgIpc) is 2.78. The molecule has 35 heavy (non-hydrogen) atoms. The lowest BCUT2D eigenvalue weighted by atomic mass is 9.69. The van der Waals surface area contributed by atoms with Crippen molar-refractivity contribution < 1.29 is 9.59 Å². The maximum Gasteiger partial charge on any atom is 0.234 e. The Kier molecular flexibility index (Phi) is 7.12. The molecule has 2 aliphatic rings. The van der Waals surface area contributed by atoms with E-state index in [4.69, 9.17) is 11.6 Å². The van der Waals surface area contributed by atoms with Gasteiger partial charge in [-0.2, -0.15) is 5.26 Å². The Balaban J connectivity index is 1.64. The van der Waals surface area contributed by atoms with Crippen molar-refractivity contribution in [3.05, 3.63) is 86.0 Å². The first kappa shape index (κ1) is 25.1. The molecule has 0 spiro atoms. The Hall–Kier alpha value is -3.01. The number of amides is 1. The van der Waals surface area contributed by atoms with Crippen LogP contribution in [0, 0.1) is 30.6 Å². The second-order valence-corrected chi connectivity index (χ2v) is 11.4. The lowest BCUT2D eigenvalue weighted by molar-refractivity contribution is -0.118. The number of nitrogens with zero attached hydrogens (tertiary/aromatic N) is 1. The van der Waals surface area contributed by atoms with Crippen LogP contribution in [0.25, 0.3) is 0 Å². The molecular formula is C28H28ClN3O2S. The fourth-order valence-electron chi connectivity index (χ4n) is 4.76. The number of hydrogen-bond acceptors (Lipinski definition) is 5. The molecule has 0 saturated carbocycles. The Labute approximate surface area is 215 Å². The van der Waals surface area contributed by atoms with E-state index in [1.807, 2.05) is 44.2 Å². The number of allylic oxidation sites excluding steroid dienone is 3. The lowest BCUT2D eigenvalue weighted by Gasteiger charge is -2.39. The molecule has 1 atom stereocenters. The van der Waals surface area contributed by atoms with E-state index < -0.39 is 5.92 Å². The zero-order valence-corrected chi connectivity index (χ0v) is 21.9. The van der Waals surface area contributed by atoms with Crippen LogP contribution in [-0.2, 0) is 9.59 Å². The Morgan fingerprint density at radius 3 is 2.57 bits per heavy atom. The molecule has 0 unspecified atom stereocenters. The normalized spacial score (nSPS) is 19.1. The highest BCUT2D eigenvalue weighted by molar-refractivity contribution is 8.03. The predicted octanol–water partition coefficient (Wildman–Crippen LogP) is 6.39. The minimum atomic E-state index is -0.484. The maximum absolute atomic E-state index is 13.3. The molecule has 0 fully saturated rings. The number of anilines is 1. The SMILES string of the molecule is Cc1ccc(NC(=O)CSC2=C(C#N)[C@H](c3ccc(Cl)cc3)C3=C(CC(C)(C)CC3=O)N2)c(C)c1. The van der Waals surface area contributed by atoms with Crippen molar-refractivity contribution in [2.45, 2.75) is 46.5 Å². The summed E-state index contributed by atoms with van der Waals surface area (Å²) in [4.78, 5) is 26.0. The molecule has 1 aliphatic carbocycles. The van der Waals surface area contributed by atoms with E-state index in [0.29, 0.717) is 34.0 Å². The van der Waals surface area contributed by atoms with Gasteiger partial charge in [-0.15, -0.1) is 0 Å². The van der Waals surface area contributed by atoms with Crippen LogP contribution in [0.3, 0.4) is 0 Å². The third kappa shape index (κ3) is 5.47. The summed E-state index contributed by atoms with van der Waals surface area (Å²) in [7, 11) is 0. The van der Waals surface area contributed by atoms with Gasteiger partial charge < -0.3 is 10.6 Å². The largest absolute Gasteiger partial charge is 0.352 e. The lowest BCUT2D eigenvalue weighted by Crippen LogP contribution is -2.37. The number of benzene rings is 2. The van der Waals surface area contributed by atoms with E-state index in [1.165, 1.54) is 11.8 Å². The van der Waals surface area contributed by atoms with Gasteiger partial charge in [0.25, 0.3) is 0 Å². The molecule has 0 bridgehead atoms. The molecule has 2 aromatic rings. The van der Waals surface area contributed by atoms with Gasteiger partial charge in [-0.25, -0.2) is 0 Å². The minimum Gasteiger partial charge on any atom is -0.352 e. The van der Waals surface area contributed by atoms with Crippen molar-refractivity contribution in [1.29, 1.82) is 5.26 Å². The first-order chi connectivity index (χ1) is 16.6. The van der Waals surface area contributed by atoms with E-state index in [-0.39, 0.29) is 22.9 Å². The highest BCUT2D eigenvalue weighted by Gasteiger charge is 2.41. The third-order valence-electron chi connectivity index (χ3n) is 6.33. The molecule has 180 valence electrons. The molecular weight excluding hydrogens is 478 g/mol. The summed E-state index contributed by atoms with van der Waals surface area (Å²) in [5.74, 6) is -0.458. The van der Waals surface area contributed by atoms with Crippen LogP contribution < -0.4 is 10.6 Å². The molecule has 1 aliphatic heterocycles. The van der Waals surface area contributed by atoms with Crippen LogP contribution in [0.1, 0.15) is 49.3 Å². The number of Topliss-reactive ketones (excluding diaryl/α,β-unsaturated/α-hetero) is 1. The Bertz CT molecular complexity index is 1300. The first-order valence-corrected chi connectivity index (χ1v) is 12.9. The van der Waals surface area contributed by atoms with Crippen LogP contribution >= 0.6 is 23.4 Å². The van der Waals surface area contributed by atoms with Crippen molar-refractivity contribution in [3.63, 3.8) is 0 Å². The number of ketones is 1. The highest BCUT2D eigenvalue weighted by Crippen LogP contribution is 2.47. The van der Waals surface area contributed by atoms with Gasteiger partial charge in [-0.3, -0.25) is 9.59 Å². The van der Waals surface area contributed by atoms with Gasteiger partial charge in [0, 0.05) is 28.4 Å². The summed E-state index contributed by atoms with van der Waals surface area (Å²) in [5, 5.41) is 17.7. The van der Waals surface area contributed by atoms with E-state index in [0.717, 1.165) is 28.1 Å². The average molecular weight is 506 g/mol. The molecule has 2 N–H and O–H groups in total. The number of aryl methyl sites for hydroxylation is 2. The highest BCUT2D eigenvalue weighted by atomic mass is 35.5. The fraction of sp³-hybridized carbons (Fsp3) is 0.321. The van der Waals surface area contributed by atoms with Gasteiger partial charge in [0.1, 0.15) is 0 Å².